The Labute approximate surface area is 112 Å². The maximum atomic E-state index is 12.2. The van der Waals surface area contributed by atoms with Crippen LogP contribution in [-0.2, 0) is 10.0 Å². The molecule has 0 bridgehead atoms. The molecule has 1 aromatic rings. The Kier molecular flexibility index (Phi) is 4.91. The molecule has 1 N–H and O–H groups in total. The molecule has 1 saturated heterocycles. The first-order valence-electron chi connectivity index (χ1n) is 5.16. The maximum Gasteiger partial charge on any atom is 0.254 e. The van der Waals surface area contributed by atoms with Crippen molar-refractivity contribution in [3.05, 3.63) is 11.2 Å². The molecule has 17 heavy (non-hydrogen) atoms. The lowest BCUT2D eigenvalue weighted by atomic mass is 10.3. The Bertz CT molecular complexity index is 474. The number of nitrogens with one attached hydrogen (secondary N) is 1. The summed E-state index contributed by atoms with van der Waals surface area (Å²) < 4.78 is 26.3. The molecule has 8 heteroatoms. The summed E-state index contributed by atoms with van der Waals surface area (Å²) in [6.45, 7) is 5.56. The molecule has 2 heterocycles. The van der Waals surface area contributed by atoms with Crippen molar-refractivity contribution in [1.82, 2.24) is 14.6 Å². The average molecular weight is 298 g/mol. The molecule has 1 fully saturated rings. The van der Waals surface area contributed by atoms with Gasteiger partial charge in [-0.05, 0) is 13.8 Å². The van der Waals surface area contributed by atoms with Crippen molar-refractivity contribution in [3.8, 4) is 0 Å². The number of hydrogen-bond acceptors (Lipinski definition) is 5. The largest absolute Gasteiger partial charge is 0.312 e. The summed E-state index contributed by atoms with van der Waals surface area (Å²) in [6.07, 6.45) is 1.45. The average Bonchev–Trinajstić information content (AvgIpc) is 2.65. The first kappa shape index (κ1) is 14.8. The summed E-state index contributed by atoms with van der Waals surface area (Å²) in [7, 11) is -3.32. The number of piperazine rings is 1. The predicted molar refractivity (Wildman–Crippen MR) is 70.3 cm³/mol. The number of sulfonamides is 1. The monoisotopic (exact) mass is 297 g/mol. The van der Waals surface area contributed by atoms with Gasteiger partial charge < -0.3 is 5.32 Å². The van der Waals surface area contributed by atoms with E-state index in [0.29, 0.717) is 23.8 Å². The molecule has 1 aliphatic heterocycles. The molecular formula is C9H16ClN3O2S2. The number of thiazole rings is 1. The fourth-order valence-electron chi connectivity index (χ4n) is 1.70. The van der Waals surface area contributed by atoms with Crippen molar-refractivity contribution < 1.29 is 8.42 Å². The highest BCUT2D eigenvalue weighted by Crippen LogP contribution is 2.22. The Morgan fingerprint density at radius 1 is 1.59 bits per heavy atom. The third-order valence-electron chi connectivity index (χ3n) is 2.53. The van der Waals surface area contributed by atoms with Crippen LogP contribution in [0.4, 0.5) is 0 Å². The van der Waals surface area contributed by atoms with E-state index in [0.717, 1.165) is 5.01 Å². The van der Waals surface area contributed by atoms with Crippen molar-refractivity contribution in [1.29, 1.82) is 0 Å². The summed E-state index contributed by atoms with van der Waals surface area (Å²) in [5, 5.41) is 4.00. The van der Waals surface area contributed by atoms with Crippen molar-refractivity contribution in [2.45, 2.75) is 24.1 Å². The summed E-state index contributed by atoms with van der Waals surface area (Å²) in [6, 6.07) is 0.206. The highest BCUT2D eigenvalue weighted by atomic mass is 35.5. The molecule has 0 radical (unpaired) electrons. The minimum Gasteiger partial charge on any atom is -0.312 e. The third-order valence-corrected chi connectivity index (χ3v) is 5.74. The molecule has 0 aromatic carbocycles. The van der Waals surface area contributed by atoms with Crippen LogP contribution >= 0.6 is 23.7 Å². The van der Waals surface area contributed by atoms with Crippen LogP contribution < -0.4 is 5.32 Å². The van der Waals surface area contributed by atoms with Crippen LogP contribution in [0.3, 0.4) is 0 Å². The molecule has 0 unspecified atom stereocenters. The van der Waals surface area contributed by atoms with Gasteiger partial charge in [0, 0.05) is 25.7 Å². The van der Waals surface area contributed by atoms with Gasteiger partial charge in [0.05, 0.1) is 11.2 Å². The summed E-state index contributed by atoms with van der Waals surface area (Å²) in [5.41, 5.74) is 0. The second-order valence-electron chi connectivity index (χ2n) is 3.92. The second kappa shape index (κ2) is 5.62. The zero-order valence-electron chi connectivity index (χ0n) is 9.71. The van der Waals surface area contributed by atoms with Gasteiger partial charge in [0.2, 0.25) is 0 Å². The highest BCUT2D eigenvalue weighted by Gasteiger charge is 2.29. The fraction of sp³-hybridized carbons (Fsp3) is 0.667. The van der Waals surface area contributed by atoms with Crippen molar-refractivity contribution in [2.24, 2.45) is 0 Å². The SMILES string of the molecule is Cc1ncc(S(=O)(=O)N2CCN[C@H](C)C2)s1.Cl. The number of aromatic nitrogens is 1. The van der Waals surface area contributed by atoms with Gasteiger partial charge in [-0.2, -0.15) is 4.31 Å². The summed E-state index contributed by atoms with van der Waals surface area (Å²) in [5.74, 6) is 0. The molecule has 98 valence electrons. The molecule has 0 aliphatic carbocycles. The molecular weight excluding hydrogens is 282 g/mol. The van der Waals surface area contributed by atoms with Gasteiger partial charge in [0.25, 0.3) is 10.0 Å². The minimum absolute atomic E-state index is 0. The Morgan fingerprint density at radius 2 is 2.29 bits per heavy atom. The van der Waals surface area contributed by atoms with Gasteiger partial charge in [-0.15, -0.1) is 23.7 Å². The predicted octanol–water partition coefficient (Wildman–Crippen LogP) is 0.856. The molecule has 5 nitrogen and oxygen atoms in total. The number of rotatable bonds is 2. The van der Waals surface area contributed by atoms with Crippen LogP contribution in [0.15, 0.2) is 10.4 Å². The van der Waals surface area contributed by atoms with Gasteiger partial charge >= 0.3 is 0 Å². The first-order valence-corrected chi connectivity index (χ1v) is 7.42. The van der Waals surface area contributed by atoms with Gasteiger partial charge in [0.15, 0.2) is 4.21 Å². The standard InChI is InChI=1S/C9H15N3O2S2.ClH/c1-7-6-12(4-3-10-7)16(13,14)9-5-11-8(2)15-9;/h5,7,10H,3-4,6H2,1-2H3;1H/t7-;/m1./s1. The van der Waals surface area contributed by atoms with Crippen molar-refractivity contribution >= 4 is 33.8 Å². The van der Waals surface area contributed by atoms with E-state index in [4.69, 9.17) is 0 Å². The number of aryl methyl sites for hydroxylation is 1. The molecule has 0 saturated carbocycles. The fourth-order valence-corrected chi connectivity index (χ4v) is 4.50. The normalized spacial score (nSPS) is 22.1. The van der Waals surface area contributed by atoms with Gasteiger partial charge in [0.1, 0.15) is 0 Å². The van der Waals surface area contributed by atoms with Gasteiger partial charge in [-0.25, -0.2) is 13.4 Å². The maximum absolute atomic E-state index is 12.2. The van der Waals surface area contributed by atoms with E-state index in [2.05, 4.69) is 10.3 Å². The Morgan fingerprint density at radius 3 is 2.82 bits per heavy atom. The third kappa shape index (κ3) is 3.17. The topological polar surface area (TPSA) is 62.3 Å². The Balaban J connectivity index is 0.00000144. The van der Waals surface area contributed by atoms with E-state index < -0.39 is 10.0 Å². The van der Waals surface area contributed by atoms with Crippen LogP contribution in [-0.4, -0.2) is 43.4 Å². The van der Waals surface area contributed by atoms with E-state index in [1.807, 2.05) is 13.8 Å². The summed E-state index contributed by atoms with van der Waals surface area (Å²) >= 11 is 1.23. The van der Waals surface area contributed by atoms with Crippen molar-refractivity contribution in [2.75, 3.05) is 19.6 Å². The molecule has 0 spiro atoms. The molecule has 1 atom stereocenters. The second-order valence-corrected chi connectivity index (χ2v) is 7.32. The van der Waals surface area contributed by atoms with E-state index in [9.17, 15) is 8.42 Å². The van der Waals surface area contributed by atoms with Gasteiger partial charge in [-0.1, -0.05) is 0 Å². The molecule has 0 amide bonds. The number of halogens is 1. The quantitative estimate of drug-likeness (QED) is 0.879. The number of hydrogen-bond donors (Lipinski definition) is 1. The van der Waals surface area contributed by atoms with Crippen LogP contribution in [0.5, 0.6) is 0 Å². The van der Waals surface area contributed by atoms with E-state index in [1.165, 1.54) is 21.8 Å². The molecule has 1 aromatic heterocycles. The van der Waals surface area contributed by atoms with Crippen LogP contribution in [0.2, 0.25) is 0 Å². The van der Waals surface area contributed by atoms with Gasteiger partial charge in [-0.3, -0.25) is 0 Å². The zero-order chi connectivity index (χ0) is 11.8. The smallest absolute Gasteiger partial charge is 0.254 e. The van der Waals surface area contributed by atoms with E-state index in [1.54, 1.807) is 0 Å². The van der Waals surface area contributed by atoms with Crippen LogP contribution in [0.25, 0.3) is 0 Å². The lowest BCUT2D eigenvalue weighted by Gasteiger charge is -2.30. The molecule has 2 rings (SSSR count). The number of nitrogens with zero attached hydrogens (tertiary/aromatic N) is 2. The summed E-state index contributed by atoms with van der Waals surface area (Å²) in [4.78, 5) is 3.99. The van der Waals surface area contributed by atoms with E-state index >= 15 is 0 Å². The van der Waals surface area contributed by atoms with E-state index in [-0.39, 0.29) is 18.4 Å². The van der Waals surface area contributed by atoms with Crippen LogP contribution in [0.1, 0.15) is 11.9 Å². The minimum atomic E-state index is -3.32. The van der Waals surface area contributed by atoms with Crippen molar-refractivity contribution in [3.63, 3.8) is 0 Å². The lowest BCUT2D eigenvalue weighted by Crippen LogP contribution is -2.51. The highest BCUT2D eigenvalue weighted by molar-refractivity contribution is 7.91. The Hall–Kier alpha value is -0.210. The first-order chi connectivity index (χ1) is 7.50. The molecule has 1 aliphatic rings. The lowest BCUT2D eigenvalue weighted by molar-refractivity contribution is 0.310. The van der Waals surface area contributed by atoms with Crippen LogP contribution in [0, 0.1) is 6.92 Å². The zero-order valence-corrected chi connectivity index (χ0v) is 12.2.